The fourth-order valence-electron chi connectivity index (χ4n) is 2.23. The Bertz CT molecular complexity index is 626. The minimum absolute atomic E-state index is 0.0412. The number of hydrogen-bond donors (Lipinski definition) is 2. The van der Waals surface area contributed by atoms with Crippen molar-refractivity contribution in [2.45, 2.75) is 23.8 Å². The highest BCUT2D eigenvalue weighted by Crippen LogP contribution is 2.28. The summed E-state index contributed by atoms with van der Waals surface area (Å²) in [6.45, 7) is 1.44. The first-order chi connectivity index (χ1) is 9.94. The van der Waals surface area contributed by atoms with E-state index in [0.717, 1.165) is 31.5 Å². The van der Waals surface area contributed by atoms with Crippen molar-refractivity contribution in [2.24, 2.45) is 0 Å². The molecule has 1 saturated heterocycles. The molecular formula is C12H17N3O5S. The lowest BCUT2D eigenvalue weighted by atomic mass is 10.1. The summed E-state index contributed by atoms with van der Waals surface area (Å²) in [7, 11) is -2.50. The highest BCUT2D eigenvalue weighted by Gasteiger charge is 2.26. The van der Waals surface area contributed by atoms with Gasteiger partial charge in [0.15, 0.2) is 0 Å². The number of nitro groups is 1. The predicted octanol–water partition coefficient (Wildman–Crippen LogP) is 0.634. The van der Waals surface area contributed by atoms with Crippen molar-refractivity contribution in [1.29, 1.82) is 0 Å². The Morgan fingerprint density at radius 1 is 1.48 bits per heavy atom. The zero-order valence-electron chi connectivity index (χ0n) is 11.5. The fourth-order valence-corrected chi connectivity index (χ4v) is 3.65. The number of non-ortho nitro benzene ring substituents is 1. The monoisotopic (exact) mass is 315 g/mol. The molecule has 0 spiro atoms. The topological polar surface area (TPSA) is 111 Å². The van der Waals surface area contributed by atoms with Gasteiger partial charge in [-0.15, -0.1) is 0 Å². The van der Waals surface area contributed by atoms with Gasteiger partial charge in [-0.1, -0.05) is 0 Å². The highest BCUT2D eigenvalue weighted by molar-refractivity contribution is 7.89. The number of nitro benzene ring substituents is 1. The van der Waals surface area contributed by atoms with Crippen molar-refractivity contribution in [2.75, 3.05) is 20.2 Å². The Kier molecular flexibility index (Phi) is 4.76. The molecule has 116 valence electrons. The van der Waals surface area contributed by atoms with E-state index in [1.54, 1.807) is 0 Å². The third-order valence-corrected chi connectivity index (χ3v) is 4.83. The normalized spacial score (nSPS) is 19.2. The molecule has 2 rings (SSSR count). The van der Waals surface area contributed by atoms with Crippen LogP contribution in [0.3, 0.4) is 0 Å². The Balaban J connectivity index is 2.28. The maximum absolute atomic E-state index is 12.4. The smallest absolute Gasteiger partial charge is 0.273 e. The predicted molar refractivity (Wildman–Crippen MR) is 75.9 cm³/mol. The van der Waals surface area contributed by atoms with Crippen LogP contribution in [0.25, 0.3) is 0 Å². The van der Waals surface area contributed by atoms with Gasteiger partial charge >= 0.3 is 0 Å². The molecule has 1 aliphatic rings. The molecule has 0 aromatic heterocycles. The number of sulfonamides is 1. The number of methoxy groups -OCH3 is 1. The van der Waals surface area contributed by atoms with Crippen LogP contribution in [0.4, 0.5) is 5.69 Å². The van der Waals surface area contributed by atoms with E-state index in [-0.39, 0.29) is 22.4 Å². The fraction of sp³-hybridized carbons (Fsp3) is 0.500. The lowest BCUT2D eigenvalue weighted by molar-refractivity contribution is -0.385. The summed E-state index contributed by atoms with van der Waals surface area (Å²) in [6, 6.07) is 3.25. The molecule has 1 aromatic carbocycles. The Morgan fingerprint density at radius 2 is 2.24 bits per heavy atom. The average molecular weight is 315 g/mol. The van der Waals surface area contributed by atoms with E-state index in [1.807, 2.05) is 0 Å². The standard InChI is InChI=1S/C12H17N3O5S/c1-20-11-7-10(15(16)17)4-5-12(11)21(18,19)14-9-3-2-6-13-8-9/h4-5,7,9,13-14H,2-3,6,8H2,1H3/t9-/m0/s1. The van der Waals surface area contributed by atoms with Gasteiger partial charge < -0.3 is 10.1 Å². The maximum atomic E-state index is 12.4. The van der Waals surface area contributed by atoms with Crippen LogP contribution in [0, 0.1) is 10.1 Å². The summed E-state index contributed by atoms with van der Waals surface area (Å²) in [5.41, 5.74) is -0.217. The number of rotatable bonds is 5. The number of ether oxygens (including phenoxy) is 1. The number of nitrogens with one attached hydrogen (secondary N) is 2. The maximum Gasteiger partial charge on any atom is 0.273 e. The Hall–Kier alpha value is -1.71. The quantitative estimate of drug-likeness (QED) is 0.609. The lowest BCUT2D eigenvalue weighted by Crippen LogP contribution is -2.45. The molecule has 0 aliphatic carbocycles. The Morgan fingerprint density at radius 3 is 2.81 bits per heavy atom. The molecule has 21 heavy (non-hydrogen) atoms. The summed E-state index contributed by atoms with van der Waals surface area (Å²) in [4.78, 5) is 10.0. The third kappa shape index (κ3) is 3.69. The molecular weight excluding hydrogens is 298 g/mol. The second kappa shape index (κ2) is 6.37. The average Bonchev–Trinajstić information content (AvgIpc) is 2.47. The highest BCUT2D eigenvalue weighted by atomic mass is 32.2. The Labute approximate surface area is 122 Å². The van der Waals surface area contributed by atoms with E-state index in [0.29, 0.717) is 6.54 Å². The molecule has 1 aliphatic heterocycles. The second-order valence-corrected chi connectivity index (χ2v) is 6.44. The van der Waals surface area contributed by atoms with Crippen molar-refractivity contribution in [1.82, 2.24) is 10.0 Å². The molecule has 0 bridgehead atoms. The third-order valence-electron chi connectivity index (χ3n) is 3.27. The van der Waals surface area contributed by atoms with Crippen LogP contribution in [0.15, 0.2) is 23.1 Å². The molecule has 0 radical (unpaired) electrons. The van der Waals surface area contributed by atoms with E-state index >= 15 is 0 Å². The van der Waals surface area contributed by atoms with Crippen molar-refractivity contribution < 1.29 is 18.1 Å². The van der Waals surface area contributed by atoms with Gasteiger partial charge in [-0.3, -0.25) is 10.1 Å². The van der Waals surface area contributed by atoms with Gasteiger partial charge in [-0.25, -0.2) is 13.1 Å². The molecule has 2 N–H and O–H groups in total. The first-order valence-corrected chi connectivity index (χ1v) is 7.98. The van der Waals surface area contributed by atoms with Gasteiger partial charge in [0, 0.05) is 18.7 Å². The number of nitrogens with zero attached hydrogens (tertiary/aromatic N) is 1. The summed E-state index contributed by atoms with van der Waals surface area (Å²) in [6.07, 6.45) is 1.64. The number of benzene rings is 1. The second-order valence-electron chi connectivity index (χ2n) is 4.76. The molecule has 0 unspecified atom stereocenters. The van der Waals surface area contributed by atoms with Crippen LogP contribution in [0.1, 0.15) is 12.8 Å². The van der Waals surface area contributed by atoms with Gasteiger partial charge in [-0.05, 0) is 25.5 Å². The van der Waals surface area contributed by atoms with Gasteiger partial charge in [0.25, 0.3) is 5.69 Å². The summed E-state index contributed by atoms with van der Waals surface area (Å²) in [5, 5.41) is 13.8. The zero-order valence-corrected chi connectivity index (χ0v) is 12.4. The molecule has 0 saturated carbocycles. The van der Waals surface area contributed by atoms with E-state index in [9.17, 15) is 18.5 Å². The van der Waals surface area contributed by atoms with Crippen molar-refractivity contribution >= 4 is 15.7 Å². The van der Waals surface area contributed by atoms with Gasteiger partial charge in [0.1, 0.15) is 10.6 Å². The molecule has 1 fully saturated rings. The van der Waals surface area contributed by atoms with Gasteiger partial charge in [-0.2, -0.15) is 0 Å². The van der Waals surface area contributed by atoms with Gasteiger partial charge in [0.05, 0.1) is 18.1 Å². The summed E-state index contributed by atoms with van der Waals surface area (Å²) >= 11 is 0. The minimum Gasteiger partial charge on any atom is -0.495 e. The van der Waals surface area contributed by atoms with E-state index in [2.05, 4.69) is 10.0 Å². The zero-order chi connectivity index (χ0) is 15.5. The van der Waals surface area contributed by atoms with Crippen molar-refractivity contribution in [3.8, 4) is 5.75 Å². The summed E-state index contributed by atoms with van der Waals surface area (Å²) in [5.74, 6) is -0.0412. The molecule has 1 atom stereocenters. The molecule has 1 aromatic rings. The van der Waals surface area contributed by atoms with Crippen molar-refractivity contribution in [3.63, 3.8) is 0 Å². The first-order valence-electron chi connectivity index (χ1n) is 6.49. The first kappa shape index (κ1) is 15.7. The van der Waals surface area contributed by atoms with Crippen LogP contribution < -0.4 is 14.8 Å². The molecule has 9 heteroatoms. The minimum atomic E-state index is -3.78. The van der Waals surface area contributed by atoms with Crippen LogP contribution in [0.2, 0.25) is 0 Å². The summed E-state index contributed by atoms with van der Waals surface area (Å²) < 4.78 is 32.3. The van der Waals surface area contributed by atoms with Gasteiger partial charge in [0.2, 0.25) is 10.0 Å². The van der Waals surface area contributed by atoms with Crippen molar-refractivity contribution in [3.05, 3.63) is 28.3 Å². The van der Waals surface area contributed by atoms with E-state index in [4.69, 9.17) is 4.74 Å². The largest absolute Gasteiger partial charge is 0.495 e. The molecule has 8 nitrogen and oxygen atoms in total. The number of hydrogen-bond acceptors (Lipinski definition) is 6. The van der Waals surface area contributed by atoms with E-state index in [1.165, 1.54) is 13.2 Å². The van der Waals surface area contributed by atoms with Crippen LogP contribution in [-0.2, 0) is 10.0 Å². The lowest BCUT2D eigenvalue weighted by Gasteiger charge is -2.24. The SMILES string of the molecule is COc1cc([N+](=O)[O-])ccc1S(=O)(=O)N[C@H]1CCCNC1. The van der Waals surface area contributed by atoms with Crippen LogP contribution >= 0.6 is 0 Å². The van der Waals surface area contributed by atoms with E-state index < -0.39 is 14.9 Å². The van der Waals surface area contributed by atoms with Crippen LogP contribution in [0.5, 0.6) is 5.75 Å². The molecule has 1 heterocycles. The van der Waals surface area contributed by atoms with Crippen LogP contribution in [-0.4, -0.2) is 39.6 Å². The molecule has 0 amide bonds. The number of piperidine rings is 1.